The highest BCUT2D eigenvalue weighted by atomic mass is 35.5. The Hall–Kier alpha value is -4.09. The number of hydrogen-bond donors (Lipinski definition) is 1. The SMILES string of the molecule is O=C(Nc1ccc(Cl)cc1)Oc1ccc(-c2nc3ccccc3n2Cc2ccccc2)cc1. The predicted molar refractivity (Wildman–Crippen MR) is 132 cm³/mol. The molecule has 0 bridgehead atoms. The number of nitrogens with zero attached hydrogens (tertiary/aromatic N) is 2. The van der Waals surface area contributed by atoms with Crippen molar-refractivity contribution < 1.29 is 9.53 Å². The van der Waals surface area contributed by atoms with Crippen LogP contribution >= 0.6 is 11.6 Å². The van der Waals surface area contributed by atoms with Gasteiger partial charge in [0.25, 0.3) is 0 Å². The maximum Gasteiger partial charge on any atom is 0.417 e. The molecule has 33 heavy (non-hydrogen) atoms. The van der Waals surface area contributed by atoms with Gasteiger partial charge in [0.1, 0.15) is 11.6 Å². The van der Waals surface area contributed by atoms with Crippen molar-refractivity contribution in [1.82, 2.24) is 9.55 Å². The van der Waals surface area contributed by atoms with Gasteiger partial charge < -0.3 is 9.30 Å². The number of carbonyl (C=O) groups is 1. The molecule has 0 radical (unpaired) electrons. The van der Waals surface area contributed by atoms with Crippen LogP contribution in [0.4, 0.5) is 10.5 Å². The Bertz CT molecular complexity index is 1400. The van der Waals surface area contributed by atoms with Crippen molar-refractivity contribution in [3.63, 3.8) is 0 Å². The van der Waals surface area contributed by atoms with Crippen LogP contribution in [0.2, 0.25) is 5.02 Å². The van der Waals surface area contributed by atoms with Gasteiger partial charge >= 0.3 is 6.09 Å². The van der Waals surface area contributed by atoms with Gasteiger partial charge in [0.15, 0.2) is 0 Å². The molecule has 4 aromatic carbocycles. The Morgan fingerprint density at radius 1 is 0.848 bits per heavy atom. The van der Waals surface area contributed by atoms with Crippen molar-refractivity contribution >= 4 is 34.4 Å². The zero-order valence-corrected chi connectivity index (χ0v) is 18.4. The van der Waals surface area contributed by atoms with Gasteiger partial charge in [-0.05, 0) is 66.2 Å². The van der Waals surface area contributed by atoms with Crippen LogP contribution in [-0.4, -0.2) is 15.6 Å². The smallest absolute Gasteiger partial charge is 0.410 e. The van der Waals surface area contributed by atoms with E-state index < -0.39 is 6.09 Å². The highest BCUT2D eigenvalue weighted by Crippen LogP contribution is 2.27. The van der Waals surface area contributed by atoms with Gasteiger partial charge in [0.2, 0.25) is 0 Å². The normalized spacial score (nSPS) is 10.8. The molecular formula is C27H20ClN3O2. The number of para-hydroxylation sites is 2. The van der Waals surface area contributed by atoms with E-state index in [0.29, 0.717) is 23.0 Å². The zero-order chi connectivity index (χ0) is 22.6. The highest BCUT2D eigenvalue weighted by molar-refractivity contribution is 6.30. The highest BCUT2D eigenvalue weighted by Gasteiger charge is 2.13. The summed E-state index contributed by atoms with van der Waals surface area (Å²) in [5, 5.41) is 3.28. The molecule has 0 fully saturated rings. The van der Waals surface area contributed by atoms with E-state index in [1.165, 1.54) is 5.56 Å². The van der Waals surface area contributed by atoms with Crippen LogP contribution in [0.3, 0.4) is 0 Å². The lowest BCUT2D eigenvalue weighted by molar-refractivity contribution is 0.215. The average Bonchev–Trinajstić information content (AvgIpc) is 3.20. The summed E-state index contributed by atoms with van der Waals surface area (Å²) in [5.41, 5.74) is 4.74. The maximum atomic E-state index is 12.2. The second-order valence-corrected chi connectivity index (χ2v) is 7.98. The minimum Gasteiger partial charge on any atom is -0.410 e. The van der Waals surface area contributed by atoms with E-state index in [0.717, 1.165) is 22.4 Å². The number of benzene rings is 4. The molecule has 1 amide bonds. The molecule has 0 spiro atoms. The van der Waals surface area contributed by atoms with Crippen LogP contribution in [0.15, 0.2) is 103 Å². The van der Waals surface area contributed by atoms with Gasteiger partial charge in [-0.25, -0.2) is 9.78 Å². The maximum absolute atomic E-state index is 12.2. The number of amides is 1. The second-order valence-electron chi connectivity index (χ2n) is 7.54. The van der Waals surface area contributed by atoms with Gasteiger partial charge in [-0.2, -0.15) is 0 Å². The number of carbonyl (C=O) groups excluding carboxylic acids is 1. The average molecular weight is 454 g/mol. The fraction of sp³-hybridized carbons (Fsp3) is 0.0370. The molecule has 5 nitrogen and oxygen atoms in total. The summed E-state index contributed by atoms with van der Waals surface area (Å²) in [5.74, 6) is 1.30. The number of aromatic nitrogens is 2. The Labute approximate surface area is 196 Å². The standard InChI is InChI=1S/C27H20ClN3O2/c28-21-12-14-22(15-13-21)29-27(32)33-23-16-10-20(11-17-23)26-30-24-8-4-5-9-25(24)31(26)18-19-6-2-1-3-7-19/h1-17H,18H2,(H,29,32). The molecule has 0 aliphatic heterocycles. The van der Waals surface area contributed by atoms with Gasteiger partial charge in [-0.1, -0.05) is 54.1 Å². The molecule has 1 N–H and O–H groups in total. The summed E-state index contributed by atoms with van der Waals surface area (Å²) in [4.78, 5) is 17.1. The first-order valence-corrected chi connectivity index (χ1v) is 10.9. The number of hydrogen-bond acceptors (Lipinski definition) is 3. The number of halogens is 1. The number of anilines is 1. The number of ether oxygens (including phenoxy) is 1. The topological polar surface area (TPSA) is 56.1 Å². The summed E-state index contributed by atoms with van der Waals surface area (Å²) >= 11 is 5.87. The molecule has 0 aliphatic rings. The van der Waals surface area contributed by atoms with Crippen LogP contribution in [-0.2, 0) is 6.54 Å². The molecule has 0 saturated carbocycles. The second kappa shape index (κ2) is 9.18. The summed E-state index contributed by atoms with van der Waals surface area (Å²) in [6.45, 7) is 0.707. The lowest BCUT2D eigenvalue weighted by Gasteiger charge is -2.11. The first kappa shape index (κ1) is 20.8. The largest absolute Gasteiger partial charge is 0.417 e. The Kier molecular flexibility index (Phi) is 5.79. The van der Waals surface area contributed by atoms with Crippen molar-refractivity contribution in [2.45, 2.75) is 6.54 Å². The third-order valence-electron chi connectivity index (χ3n) is 5.25. The molecule has 162 valence electrons. The summed E-state index contributed by atoms with van der Waals surface area (Å²) in [6.07, 6.45) is -0.568. The van der Waals surface area contributed by atoms with E-state index >= 15 is 0 Å². The lowest BCUT2D eigenvalue weighted by Crippen LogP contribution is -2.16. The number of fused-ring (bicyclic) bond motifs is 1. The van der Waals surface area contributed by atoms with Crippen LogP contribution in [0.25, 0.3) is 22.4 Å². The molecule has 6 heteroatoms. The van der Waals surface area contributed by atoms with Crippen molar-refractivity contribution in [2.24, 2.45) is 0 Å². The van der Waals surface area contributed by atoms with E-state index in [9.17, 15) is 4.79 Å². The van der Waals surface area contributed by atoms with Crippen LogP contribution in [0, 0.1) is 0 Å². The molecule has 1 aromatic heterocycles. The Morgan fingerprint density at radius 3 is 2.30 bits per heavy atom. The Balaban J connectivity index is 1.38. The van der Waals surface area contributed by atoms with Crippen molar-refractivity contribution in [3.8, 4) is 17.1 Å². The third kappa shape index (κ3) is 4.73. The summed E-state index contributed by atoms with van der Waals surface area (Å²) in [6, 6.07) is 32.6. The van der Waals surface area contributed by atoms with E-state index in [2.05, 4.69) is 28.1 Å². The molecule has 0 aliphatic carbocycles. The molecule has 5 aromatic rings. The van der Waals surface area contributed by atoms with Gasteiger partial charge in [0, 0.05) is 22.8 Å². The first-order valence-electron chi connectivity index (χ1n) is 10.5. The predicted octanol–water partition coefficient (Wildman–Crippen LogP) is 7.02. The number of imidazole rings is 1. The fourth-order valence-corrected chi connectivity index (χ4v) is 3.80. The van der Waals surface area contributed by atoms with E-state index in [4.69, 9.17) is 21.3 Å². The van der Waals surface area contributed by atoms with E-state index in [1.54, 1.807) is 36.4 Å². The minimum absolute atomic E-state index is 0.441. The van der Waals surface area contributed by atoms with Crippen molar-refractivity contribution in [3.05, 3.63) is 114 Å². The van der Waals surface area contributed by atoms with Crippen LogP contribution < -0.4 is 10.1 Å². The molecular weight excluding hydrogens is 434 g/mol. The van der Waals surface area contributed by atoms with Crippen molar-refractivity contribution in [1.29, 1.82) is 0 Å². The van der Waals surface area contributed by atoms with Crippen molar-refractivity contribution in [2.75, 3.05) is 5.32 Å². The van der Waals surface area contributed by atoms with Gasteiger partial charge in [0.05, 0.1) is 11.0 Å². The van der Waals surface area contributed by atoms with Gasteiger partial charge in [-0.15, -0.1) is 0 Å². The van der Waals surface area contributed by atoms with Crippen LogP contribution in [0.1, 0.15) is 5.56 Å². The van der Waals surface area contributed by atoms with E-state index in [-0.39, 0.29) is 0 Å². The van der Waals surface area contributed by atoms with Gasteiger partial charge in [-0.3, -0.25) is 5.32 Å². The third-order valence-corrected chi connectivity index (χ3v) is 5.50. The quantitative estimate of drug-likeness (QED) is 0.311. The summed E-state index contributed by atoms with van der Waals surface area (Å²) < 4.78 is 7.62. The monoisotopic (exact) mass is 453 g/mol. The number of rotatable bonds is 5. The molecule has 0 atom stereocenters. The summed E-state index contributed by atoms with van der Waals surface area (Å²) in [7, 11) is 0. The first-order chi connectivity index (χ1) is 16.2. The molecule has 0 unspecified atom stereocenters. The Morgan fingerprint density at radius 2 is 1.55 bits per heavy atom. The fourth-order valence-electron chi connectivity index (χ4n) is 3.68. The van der Waals surface area contributed by atoms with Crippen LogP contribution in [0.5, 0.6) is 5.75 Å². The minimum atomic E-state index is -0.568. The molecule has 1 heterocycles. The molecule has 5 rings (SSSR count). The molecule has 0 saturated heterocycles. The lowest BCUT2D eigenvalue weighted by atomic mass is 10.2. The zero-order valence-electron chi connectivity index (χ0n) is 17.6. The number of nitrogens with one attached hydrogen (secondary N) is 1. The van der Waals surface area contributed by atoms with E-state index in [1.807, 2.05) is 48.5 Å².